The minimum absolute atomic E-state index is 0.293. The van der Waals surface area contributed by atoms with Crippen molar-refractivity contribution in [3.8, 4) is 0 Å². The van der Waals surface area contributed by atoms with Crippen molar-refractivity contribution in [2.24, 2.45) is 0 Å². The van der Waals surface area contributed by atoms with Crippen LogP contribution in [0.25, 0.3) is 5.52 Å². The molecule has 2 heterocycles. The molecule has 0 radical (unpaired) electrons. The van der Waals surface area contributed by atoms with Crippen LogP contribution in [0.3, 0.4) is 0 Å². The van der Waals surface area contributed by atoms with Gasteiger partial charge in [-0.15, -0.1) is 0 Å². The highest BCUT2D eigenvalue weighted by Gasteiger charge is 2.24. The van der Waals surface area contributed by atoms with Crippen molar-refractivity contribution < 1.29 is 9.90 Å². The van der Waals surface area contributed by atoms with Crippen molar-refractivity contribution in [1.82, 2.24) is 9.38 Å². The number of imidazole rings is 1. The molecule has 0 unspecified atom stereocenters. The number of hydrogen-bond acceptors (Lipinski definition) is 2. The molecule has 1 saturated carbocycles. The van der Waals surface area contributed by atoms with Crippen molar-refractivity contribution in [2.75, 3.05) is 0 Å². The molecule has 0 amide bonds. The molecule has 0 bridgehead atoms. The number of carboxylic acids is 1. The van der Waals surface area contributed by atoms with Crippen LogP contribution >= 0.6 is 15.9 Å². The lowest BCUT2D eigenvalue weighted by Crippen LogP contribution is -2.03. The maximum atomic E-state index is 11.2. The van der Waals surface area contributed by atoms with Gasteiger partial charge in [0, 0.05) is 12.1 Å². The molecule has 1 aliphatic rings. The van der Waals surface area contributed by atoms with Crippen LogP contribution in [0.4, 0.5) is 0 Å². The SMILES string of the molecule is O=C(O)c1cccn2c(C3CCCC3)nc(Br)c12. The van der Waals surface area contributed by atoms with Gasteiger partial charge in [-0.25, -0.2) is 9.78 Å². The van der Waals surface area contributed by atoms with Crippen LogP contribution in [0, 0.1) is 0 Å². The van der Waals surface area contributed by atoms with Crippen molar-refractivity contribution in [3.05, 3.63) is 34.3 Å². The quantitative estimate of drug-likeness (QED) is 0.924. The van der Waals surface area contributed by atoms with E-state index >= 15 is 0 Å². The summed E-state index contributed by atoms with van der Waals surface area (Å²) in [6, 6.07) is 3.38. The molecule has 0 atom stereocenters. The van der Waals surface area contributed by atoms with Gasteiger partial charge in [-0.3, -0.25) is 0 Å². The zero-order valence-electron chi connectivity index (χ0n) is 9.77. The molecule has 0 saturated heterocycles. The predicted molar refractivity (Wildman–Crippen MR) is 71.1 cm³/mol. The third kappa shape index (κ3) is 1.73. The number of carboxylic acid groups (broad SMARTS) is 1. The molecular weight excluding hydrogens is 296 g/mol. The van der Waals surface area contributed by atoms with Crippen LogP contribution in [0.5, 0.6) is 0 Å². The molecular formula is C13H13BrN2O2. The maximum Gasteiger partial charge on any atom is 0.337 e. The van der Waals surface area contributed by atoms with Gasteiger partial charge in [-0.1, -0.05) is 12.8 Å². The average Bonchev–Trinajstić information content (AvgIpc) is 2.97. The lowest BCUT2D eigenvalue weighted by molar-refractivity contribution is 0.0698. The first-order valence-corrected chi connectivity index (χ1v) is 6.87. The number of carbonyl (C=O) groups is 1. The zero-order valence-corrected chi connectivity index (χ0v) is 11.4. The molecule has 0 spiro atoms. The number of aromatic nitrogens is 2. The largest absolute Gasteiger partial charge is 0.478 e. The topological polar surface area (TPSA) is 54.6 Å². The van der Waals surface area contributed by atoms with Crippen LogP contribution in [-0.2, 0) is 0 Å². The Morgan fingerprint density at radius 2 is 2.17 bits per heavy atom. The Bertz CT molecular complexity index is 615. The predicted octanol–water partition coefficient (Wildman–Crippen LogP) is 3.45. The second kappa shape index (κ2) is 4.39. The molecule has 0 aliphatic heterocycles. The lowest BCUT2D eigenvalue weighted by Gasteiger charge is -2.08. The molecule has 4 nitrogen and oxygen atoms in total. The first-order chi connectivity index (χ1) is 8.68. The van der Waals surface area contributed by atoms with Crippen molar-refractivity contribution >= 4 is 27.4 Å². The first-order valence-electron chi connectivity index (χ1n) is 6.08. The van der Waals surface area contributed by atoms with Gasteiger partial charge in [-0.2, -0.15) is 0 Å². The number of pyridine rings is 1. The highest BCUT2D eigenvalue weighted by atomic mass is 79.9. The Labute approximate surface area is 113 Å². The van der Waals surface area contributed by atoms with Gasteiger partial charge in [-0.05, 0) is 40.9 Å². The number of nitrogens with zero attached hydrogens (tertiary/aromatic N) is 2. The highest BCUT2D eigenvalue weighted by molar-refractivity contribution is 9.10. The monoisotopic (exact) mass is 308 g/mol. The molecule has 94 valence electrons. The van der Waals surface area contributed by atoms with E-state index in [1.54, 1.807) is 12.1 Å². The van der Waals surface area contributed by atoms with E-state index < -0.39 is 5.97 Å². The van der Waals surface area contributed by atoms with E-state index in [4.69, 9.17) is 0 Å². The summed E-state index contributed by atoms with van der Waals surface area (Å²) in [7, 11) is 0. The number of hydrogen-bond donors (Lipinski definition) is 1. The fourth-order valence-corrected chi connectivity index (χ4v) is 3.35. The van der Waals surface area contributed by atoms with E-state index in [0.717, 1.165) is 18.7 Å². The van der Waals surface area contributed by atoms with Gasteiger partial charge < -0.3 is 9.51 Å². The Morgan fingerprint density at radius 3 is 2.83 bits per heavy atom. The van der Waals surface area contributed by atoms with Gasteiger partial charge in [0.2, 0.25) is 0 Å². The molecule has 2 aromatic heterocycles. The van der Waals surface area contributed by atoms with Crippen molar-refractivity contribution in [2.45, 2.75) is 31.6 Å². The van der Waals surface area contributed by atoms with E-state index in [0.29, 0.717) is 21.6 Å². The van der Waals surface area contributed by atoms with E-state index in [9.17, 15) is 9.90 Å². The van der Waals surface area contributed by atoms with E-state index in [-0.39, 0.29) is 0 Å². The standard InChI is InChI=1S/C13H13BrN2O2/c14-11-10-9(13(17)18)6-3-7-16(10)12(15-11)8-4-1-2-5-8/h3,6-8H,1-2,4-5H2,(H,17,18). The summed E-state index contributed by atoms with van der Waals surface area (Å²) in [6.07, 6.45) is 6.64. The fraction of sp³-hybridized carbons (Fsp3) is 0.385. The number of fused-ring (bicyclic) bond motifs is 1. The van der Waals surface area contributed by atoms with Gasteiger partial charge in [0.15, 0.2) is 0 Å². The second-order valence-corrected chi connectivity index (χ2v) is 5.44. The first kappa shape index (κ1) is 11.7. The van der Waals surface area contributed by atoms with Crippen LogP contribution in [0.15, 0.2) is 22.9 Å². The number of halogens is 1. The normalized spacial score (nSPS) is 16.5. The Kier molecular flexibility index (Phi) is 2.86. The molecule has 5 heteroatoms. The molecule has 2 aromatic rings. The minimum atomic E-state index is -0.917. The summed E-state index contributed by atoms with van der Waals surface area (Å²) in [5.41, 5.74) is 0.952. The van der Waals surface area contributed by atoms with E-state index in [1.807, 2.05) is 10.6 Å². The van der Waals surface area contributed by atoms with Crippen LogP contribution in [0.2, 0.25) is 0 Å². The van der Waals surface area contributed by atoms with E-state index in [2.05, 4.69) is 20.9 Å². The third-order valence-corrected chi connectivity index (χ3v) is 4.15. The smallest absolute Gasteiger partial charge is 0.337 e. The molecule has 1 N–H and O–H groups in total. The number of rotatable bonds is 2. The second-order valence-electron chi connectivity index (χ2n) is 4.69. The summed E-state index contributed by atoms with van der Waals surface area (Å²) in [6.45, 7) is 0. The van der Waals surface area contributed by atoms with Crippen LogP contribution in [0.1, 0.15) is 47.8 Å². The van der Waals surface area contributed by atoms with Crippen molar-refractivity contribution in [1.29, 1.82) is 0 Å². The molecule has 0 aromatic carbocycles. The zero-order chi connectivity index (χ0) is 12.7. The Balaban J connectivity index is 2.23. The molecule has 1 aliphatic carbocycles. The van der Waals surface area contributed by atoms with Gasteiger partial charge >= 0.3 is 5.97 Å². The maximum absolute atomic E-state index is 11.2. The van der Waals surface area contributed by atoms with Crippen LogP contribution < -0.4 is 0 Å². The van der Waals surface area contributed by atoms with E-state index in [1.165, 1.54) is 12.8 Å². The lowest BCUT2D eigenvalue weighted by atomic mass is 10.1. The summed E-state index contributed by atoms with van der Waals surface area (Å²) < 4.78 is 2.55. The number of aromatic carboxylic acids is 1. The third-order valence-electron chi connectivity index (χ3n) is 3.60. The summed E-state index contributed by atoms with van der Waals surface area (Å²) >= 11 is 3.39. The Morgan fingerprint density at radius 1 is 1.44 bits per heavy atom. The minimum Gasteiger partial charge on any atom is -0.478 e. The Hall–Kier alpha value is -1.36. The summed E-state index contributed by atoms with van der Waals surface area (Å²) in [5, 5.41) is 9.22. The fourth-order valence-electron chi connectivity index (χ4n) is 2.76. The summed E-state index contributed by atoms with van der Waals surface area (Å²) in [4.78, 5) is 15.8. The van der Waals surface area contributed by atoms with Gasteiger partial charge in [0.1, 0.15) is 10.4 Å². The van der Waals surface area contributed by atoms with Gasteiger partial charge in [0.05, 0.1) is 11.1 Å². The molecule has 18 heavy (non-hydrogen) atoms. The molecule has 1 fully saturated rings. The van der Waals surface area contributed by atoms with Crippen LogP contribution in [-0.4, -0.2) is 20.5 Å². The average molecular weight is 309 g/mol. The van der Waals surface area contributed by atoms with Crippen molar-refractivity contribution in [3.63, 3.8) is 0 Å². The highest BCUT2D eigenvalue weighted by Crippen LogP contribution is 2.36. The van der Waals surface area contributed by atoms with Gasteiger partial charge in [0.25, 0.3) is 0 Å². The molecule has 3 rings (SSSR count). The summed E-state index contributed by atoms with van der Waals surface area (Å²) in [5.74, 6) is 0.518.